The van der Waals surface area contributed by atoms with Crippen LogP contribution >= 0.6 is 23.2 Å². The van der Waals surface area contributed by atoms with Gasteiger partial charge in [-0.15, -0.1) is 0 Å². The molecule has 1 atom stereocenters. The first kappa shape index (κ1) is 16.5. The smallest absolute Gasteiger partial charge is 0.417 e. The Hall–Kier alpha value is -1.35. The molecule has 7 nitrogen and oxygen atoms in total. The third kappa shape index (κ3) is 2.91. The fourth-order valence-corrected chi connectivity index (χ4v) is 4.90. The number of rotatable bonds is 3. The van der Waals surface area contributed by atoms with Crippen molar-refractivity contribution in [3.8, 4) is 0 Å². The summed E-state index contributed by atoms with van der Waals surface area (Å²) in [6.45, 7) is -0.124. The molecule has 2 fully saturated rings. The lowest BCUT2D eigenvalue weighted by molar-refractivity contribution is -0.127. The van der Waals surface area contributed by atoms with E-state index in [0.29, 0.717) is 6.42 Å². The van der Waals surface area contributed by atoms with Crippen molar-refractivity contribution in [1.82, 2.24) is 9.21 Å². The number of amides is 2. The summed E-state index contributed by atoms with van der Waals surface area (Å²) in [4.78, 5) is 24.1. The molecule has 1 unspecified atom stereocenters. The Morgan fingerprint density at radius 2 is 1.96 bits per heavy atom. The number of hydrogen-bond acceptors (Lipinski definition) is 5. The van der Waals surface area contributed by atoms with Gasteiger partial charge in [0.1, 0.15) is 4.90 Å². The first-order valence-corrected chi connectivity index (χ1v) is 8.94. The number of nitrogens with zero attached hydrogens (tertiary/aromatic N) is 2. The minimum atomic E-state index is -3.86. The van der Waals surface area contributed by atoms with Gasteiger partial charge in [0, 0.05) is 18.1 Å². The molecule has 10 heteroatoms. The molecule has 2 amide bonds. The Morgan fingerprint density at radius 1 is 1.22 bits per heavy atom. The van der Waals surface area contributed by atoms with Gasteiger partial charge in [0.05, 0.1) is 11.1 Å². The van der Waals surface area contributed by atoms with E-state index in [0.717, 1.165) is 4.90 Å². The third-order valence-corrected chi connectivity index (χ3v) is 6.37. The normalized spacial score (nSPS) is 22.7. The predicted molar refractivity (Wildman–Crippen MR) is 81.8 cm³/mol. The van der Waals surface area contributed by atoms with E-state index in [1.165, 1.54) is 22.5 Å². The Kier molecular flexibility index (Phi) is 4.26. The van der Waals surface area contributed by atoms with E-state index in [-0.39, 0.29) is 34.6 Å². The van der Waals surface area contributed by atoms with Gasteiger partial charge in [-0.05, 0) is 24.6 Å². The van der Waals surface area contributed by atoms with Crippen molar-refractivity contribution in [2.75, 3.05) is 19.7 Å². The molecular weight excluding hydrogens is 367 g/mol. The van der Waals surface area contributed by atoms with Gasteiger partial charge in [-0.3, -0.25) is 4.79 Å². The summed E-state index contributed by atoms with van der Waals surface area (Å²) in [7, 11) is -3.86. The summed E-state index contributed by atoms with van der Waals surface area (Å²) in [6.07, 6.45) is -0.391. The zero-order chi connectivity index (χ0) is 16.8. The molecule has 0 spiro atoms. The highest BCUT2D eigenvalue weighted by atomic mass is 35.5. The zero-order valence-corrected chi connectivity index (χ0v) is 14.1. The highest BCUT2D eigenvalue weighted by molar-refractivity contribution is 7.89. The maximum absolute atomic E-state index is 12.7. The second-order valence-electron chi connectivity index (χ2n) is 5.20. The number of carbonyl (C=O) groups excluding carboxylic acids is 2. The highest BCUT2D eigenvalue weighted by Crippen LogP contribution is 2.31. The number of ether oxygens (including phenoxy) is 1. The molecule has 1 aromatic rings. The molecule has 2 heterocycles. The van der Waals surface area contributed by atoms with Crippen LogP contribution < -0.4 is 0 Å². The molecule has 3 rings (SSSR count). The maximum atomic E-state index is 12.7. The van der Waals surface area contributed by atoms with Gasteiger partial charge < -0.3 is 4.74 Å². The molecule has 0 radical (unpaired) electrons. The Labute approximate surface area is 142 Å². The maximum Gasteiger partial charge on any atom is 0.417 e. The number of benzene rings is 1. The molecule has 23 heavy (non-hydrogen) atoms. The molecule has 2 aliphatic rings. The summed E-state index contributed by atoms with van der Waals surface area (Å²) in [6, 6.07) is 3.65. The topological polar surface area (TPSA) is 84.0 Å². The second-order valence-corrected chi connectivity index (χ2v) is 7.95. The first-order valence-electron chi connectivity index (χ1n) is 6.74. The summed E-state index contributed by atoms with van der Waals surface area (Å²) >= 11 is 11.8. The van der Waals surface area contributed by atoms with E-state index in [2.05, 4.69) is 4.74 Å². The number of cyclic esters (lactones) is 1. The number of sulfonamides is 1. The molecule has 0 N–H and O–H groups in total. The van der Waals surface area contributed by atoms with Crippen molar-refractivity contribution in [3.05, 3.63) is 28.2 Å². The van der Waals surface area contributed by atoms with E-state index in [9.17, 15) is 18.0 Å². The zero-order valence-electron chi connectivity index (χ0n) is 11.7. The van der Waals surface area contributed by atoms with Gasteiger partial charge in [0.2, 0.25) is 10.0 Å². The van der Waals surface area contributed by atoms with Crippen LogP contribution in [0.2, 0.25) is 10.0 Å². The van der Waals surface area contributed by atoms with Gasteiger partial charge in [-0.1, -0.05) is 23.2 Å². The van der Waals surface area contributed by atoms with E-state index in [1.807, 2.05) is 0 Å². The van der Waals surface area contributed by atoms with Crippen molar-refractivity contribution in [1.29, 1.82) is 0 Å². The Bertz CT molecular complexity index is 767. The number of hydrogen-bond donors (Lipinski definition) is 0. The van der Waals surface area contributed by atoms with E-state index >= 15 is 0 Å². The minimum absolute atomic E-state index is 0.00597. The molecule has 124 valence electrons. The van der Waals surface area contributed by atoms with Crippen LogP contribution in [-0.4, -0.2) is 55.4 Å². The van der Waals surface area contributed by atoms with Crippen LogP contribution in [0.25, 0.3) is 0 Å². The molecule has 0 bridgehead atoms. The molecule has 0 saturated carbocycles. The molecule has 0 aliphatic carbocycles. The van der Waals surface area contributed by atoms with E-state index in [1.54, 1.807) is 0 Å². The van der Waals surface area contributed by atoms with Crippen LogP contribution in [-0.2, 0) is 19.6 Å². The van der Waals surface area contributed by atoms with Crippen molar-refractivity contribution in [3.63, 3.8) is 0 Å². The number of carbonyl (C=O) groups is 2. The summed E-state index contributed by atoms with van der Waals surface area (Å²) < 4.78 is 31.2. The van der Waals surface area contributed by atoms with E-state index in [4.69, 9.17) is 23.2 Å². The summed E-state index contributed by atoms with van der Waals surface area (Å²) in [5, 5.41) is 0.316. The van der Waals surface area contributed by atoms with Gasteiger partial charge >= 0.3 is 6.09 Å². The molecule has 0 aromatic heterocycles. The monoisotopic (exact) mass is 378 g/mol. The van der Waals surface area contributed by atoms with Gasteiger partial charge in [-0.2, -0.15) is 4.31 Å². The lowest BCUT2D eigenvalue weighted by Gasteiger charge is -2.20. The standard InChI is InChI=1S/C13H12Cl2N2O5S/c14-8-1-2-10(15)11(5-8)23(20,21)16-4-3-9(6-16)17-12(18)7-22-13(17)19/h1-2,5,9H,3-4,6-7H2. The van der Waals surface area contributed by atoms with Gasteiger partial charge in [0.25, 0.3) is 5.91 Å². The predicted octanol–water partition coefficient (Wildman–Crippen LogP) is 1.74. The number of imide groups is 1. The highest BCUT2D eigenvalue weighted by Gasteiger charge is 2.43. The van der Waals surface area contributed by atoms with Crippen molar-refractivity contribution < 1.29 is 22.7 Å². The lowest BCUT2D eigenvalue weighted by Crippen LogP contribution is -2.42. The van der Waals surface area contributed by atoms with Crippen molar-refractivity contribution in [2.24, 2.45) is 0 Å². The molecule has 1 aromatic carbocycles. The quantitative estimate of drug-likeness (QED) is 0.799. The summed E-state index contributed by atoms with van der Waals surface area (Å²) in [5.41, 5.74) is 0. The second kappa shape index (κ2) is 5.94. The molecule has 2 aliphatic heterocycles. The van der Waals surface area contributed by atoms with E-state index < -0.39 is 28.1 Å². The van der Waals surface area contributed by atoms with Gasteiger partial charge in [-0.25, -0.2) is 18.1 Å². The minimum Gasteiger partial charge on any atom is -0.439 e. The van der Waals surface area contributed by atoms with Crippen LogP contribution in [0.5, 0.6) is 0 Å². The van der Waals surface area contributed by atoms with Crippen LogP contribution in [0.1, 0.15) is 6.42 Å². The summed E-state index contributed by atoms with van der Waals surface area (Å²) in [5.74, 6) is -0.458. The number of halogens is 2. The van der Waals surface area contributed by atoms with Crippen molar-refractivity contribution in [2.45, 2.75) is 17.4 Å². The molecular formula is C13H12Cl2N2O5S. The SMILES string of the molecule is O=C1COC(=O)N1C1CCN(S(=O)(=O)c2cc(Cl)ccc2Cl)C1. The molecule has 2 saturated heterocycles. The Balaban J connectivity index is 1.84. The van der Waals surface area contributed by atoms with Crippen LogP contribution in [0, 0.1) is 0 Å². The van der Waals surface area contributed by atoms with Crippen LogP contribution in [0.4, 0.5) is 4.79 Å². The fraction of sp³-hybridized carbons (Fsp3) is 0.385. The largest absolute Gasteiger partial charge is 0.439 e. The fourth-order valence-electron chi connectivity index (χ4n) is 2.67. The lowest BCUT2D eigenvalue weighted by atomic mass is 10.2. The third-order valence-electron chi connectivity index (χ3n) is 3.79. The first-order chi connectivity index (χ1) is 10.8. The average molecular weight is 379 g/mol. The Morgan fingerprint density at radius 3 is 2.61 bits per heavy atom. The average Bonchev–Trinajstić information content (AvgIpc) is 3.09. The van der Waals surface area contributed by atoms with Crippen molar-refractivity contribution >= 4 is 45.2 Å². The van der Waals surface area contributed by atoms with Gasteiger partial charge in [0.15, 0.2) is 6.61 Å². The van der Waals surface area contributed by atoms with Crippen LogP contribution in [0.15, 0.2) is 23.1 Å². The van der Waals surface area contributed by atoms with Crippen LogP contribution in [0.3, 0.4) is 0 Å².